The number of esters is 1. The van der Waals surface area contributed by atoms with Gasteiger partial charge in [-0.1, -0.05) is 58.4 Å². The maximum absolute atomic E-state index is 14.0. The van der Waals surface area contributed by atoms with Crippen molar-refractivity contribution < 1.29 is 43.2 Å². The lowest BCUT2D eigenvalue weighted by molar-refractivity contribution is -0.654. The number of carbonyl (C=O) groups is 1. The van der Waals surface area contributed by atoms with Gasteiger partial charge in [-0.25, -0.2) is 13.9 Å². The number of imidazole rings is 1. The fourth-order valence-corrected chi connectivity index (χ4v) is 5.76. The Morgan fingerprint density at radius 1 is 1.14 bits per heavy atom. The van der Waals surface area contributed by atoms with Gasteiger partial charge in [-0.3, -0.25) is 0 Å². The van der Waals surface area contributed by atoms with Crippen molar-refractivity contribution in [2.24, 2.45) is 24.8 Å². The van der Waals surface area contributed by atoms with Gasteiger partial charge in [0.05, 0.1) is 7.05 Å². The number of fused-ring (bicyclic) bond motifs is 1. The second-order valence-electron chi connectivity index (χ2n) is 10.4. The highest BCUT2D eigenvalue weighted by Gasteiger charge is 2.39. The second kappa shape index (κ2) is 11.8. The number of rotatable bonds is 7. The Labute approximate surface area is 226 Å². The first kappa shape index (κ1) is 27.5. The highest BCUT2D eigenvalue weighted by molar-refractivity contribution is 5.80. The number of ether oxygens (including phenoxy) is 1. The van der Waals surface area contributed by atoms with Gasteiger partial charge >= 0.3 is 5.97 Å². The summed E-state index contributed by atoms with van der Waals surface area (Å²) in [6, 6.07) is 14.9. The zero-order valence-corrected chi connectivity index (χ0v) is 23.7. The molecule has 1 fully saturated rings. The van der Waals surface area contributed by atoms with Crippen LogP contribution in [0, 0.1) is 17.8 Å². The van der Waals surface area contributed by atoms with Gasteiger partial charge in [0.15, 0.2) is 11.0 Å². The minimum Gasteiger partial charge on any atom is -1.00 e. The number of hydrogen-bond acceptors (Lipinski definition) is 3. The Morgan fingerprint density at radius 2 is 1.83 bits per heavy atom. The molecule has 0 saturated heterocycles. The number of phenols is 1. The highest BCUT2D eigenvalue weighted by atomic mass is 127. The Balaban J connectivity index is 0.00000342. The third-order valence-electron chi connectivity index (χ3n) is 7.66. The van der Waals surface area contributed by atoms with Crippen molar-refractivity contribution in [2.75, 3.05) is 0 Å². The molecule has 1 saturated carbocycles. The van der Waals surface area contributed by atoms with E-state index in [9.17, 15) is 9.90 Å². The molecule has 3 aromatic rings. The zero-order chi connectivity index (χ0) is 24.4. The number of benzene rings is 2. The summed E-state index contributed by atoms with van der Waals surface area (Å²) in [5, 5.41) is 9.77. The van der Waals surface area contributed by atoms with Gasteiger partial charge in [0.25, 0.3) is 5.82 Å². The maximum atomic E-state index is 14.0. The van der Waals surface area contributed by atoms with E-state index in [1.165, 1.54) is 6.42 Å². The predicted molar refractivity (Wildman–Crippen MR) is 135 cm³/mol. The predicted octanol–water partition coefficient (Wildman–Crippen LogP) is 2.53. The molecule has 0 radical (unpaired) electrons. The second-order valence-corrected chi connectivity index (χ2v) is 10.4. The van der Waals surface area contributed by atoms with E-state index in [0.29, 0.717) is 24.2 Å². The first-order valence-electron chi connectivity index (χ1n) is 12.8. The van der Waals surface area contributed by atoms with Crippen LogP contribution in [0.2, 0.25) is 0 Å². The Hall–Kier alpha value is -2.09. The van der Waals surface area contributed by atoms with Crippen molar-refractivity contribution in [1.29, 1.82) is 0 Å². The summed E-state index contributed by atoms with van der Waals surface area (Å²) < 4.78 is 10.8. The zero-order valence-electron chi connectivity index (χ0n) is 21.6. The summed E-state index contributed by atoms with van der Waals surface area (Å²) in [5.41, 5.74) is 3.15. The summed E-state index contributed by atoms with van der Waals surface area (Å²) in [4.78, 5) is 14.0. The normalized spacial score (nSPS) is 21.0. The van der Waals surface area contributed by atoms with Crippen LogP contribution in [0.1, 0.15) is 64.4 Å². The van der Waals surface area contributed by atoms with Crippen LogP contribution >= 0.6 is 0 Å². The molecule has 6 heteroatoms. The SMILES string of the molecule is CCc1n([C@H](Cc2ccc(O)cc2)C(=O)OC2C[C@H](C)CC[C@H]2C(C)C)c2ccccc2[n+]1C.[I-]. The summed E-state index contributed by atoms with van der Waals surface area (Å²) in [6.07, 6.45) is 4.52. The molecule has 1 N–H and O–H groups in total. The molecule has 35 heavy (non-hydrogen) atoms. The minimum atomic E-state index is -0.476. The Morgan fingerprint density at radius 3 is 2.49 bits per heavy atom. The quantitative estimate of drug-likeness (QED) is 0.262. The molecule has 1 heterocycles. The third kappa shape index (κ3) is 5.84. The lowest BCUT2D eigenvalue weighted by Gasteiger charge is -2.37. The summed E-state index contributed by atoms with van der Waals surface area (Å²) in [7, 11) is 2.07. The van der Waals surface area contributed by atoms with Gasteiger partial charge in [-0.2, -0.15) is 0 Å². The number of para-hydroxylation sites is 2. The van der Waals surface area contributed by atoms with E-state index in [1.54, 1.807) is 12.1 Å². The third-order valence-corrected chi connectivity index (χ3v) is 7.66. The van der Waals surface area contributed by atoms with Crippen molar-refractivity contribution in [3.8, 4) is 5.75 Å². The van der Waals surface area contributed by atoms with Gasteiger partial charge < -0.3 is 33.8 Å². The van der Waals surface area contributed by atoms with Crippen molar-refractivity contribution in [2.45, 2.75) is 71.9 Å². The number of carbonyl (C=O) groups excluding carboxylic acids is 1. The Kier molecular flexibility index (Phi) is 9.24. The fraction of sp³-hybridized carbons (Fsp3) is 0.517. The molecule has 190 valence electrons. The lowest BCUT2D eigenvalue weighted by atomic mass is 9.75. The van der Waals surface area contributed by atoms with E-state index in [-0.39, 0.29) is 41.8 Å². The molecule has 1 unspecified atom stereocenters. The molecule has 5 nitrogen and oxygen atoms in total. The average molecular weight is 591 g/mol. The standard InChI is InChI=1S/C29H38N2O3.HI/c1-6-28-30(5)24-9-7-8-10-25(24)31(28)26(18-21-12-14-22(32)15-13-21)29(33)34-27-17-20(4)11-16-23(27)19(2)3;/h7-10,12-15,19-20,23,26-27H,6,11,16-18H2,1-5H3;1H/t20-,23+,26-,27?;/m1./s1. The maximum Gasteiger partial charge on any atom is 0.352 e. The van der Waals surface area contributed by atoms with Crippen LogP contribution in [-0.2, 0) is 29.4 Å². The number of phenolic OH excluding ortho intramolecular Hbond substituents is 1. The average Bonchev–Trinajstić information content (AvgIpc) is 3.10. The molecule has 1 aromatic heterocycles. The van der Waals surface area contributed by atoms with E-state index < -0.39 is 6.04 Å². The number of halogens is 1. The molecule has 4 rings (SSSR count). The molecule has 0 aliphatic heterocycles. The monoisotopic (exact) mass is 590 g/mol. The summed E-state index contributed by atoms with van der Waals surface area (Å²) in [5.74, 6) is 2.62. The first-order chi connectivity index (χ1) is 16.3. The molecular formula is C29H39IN2O3. The molecular weight excluding hydrogens is 551 g/mol. The molecule has 2 aromatic carbocycles. The molecule has 1 aliphatic rings. The van der Waals surface area contributed by atoms with Crippen LogP contribution in [0.4, 0.5) is 0 Å². The van der Waals surface area contributed by atoms with E-state index in [0.717, 1.165) is 41.7 Å². The number of aryl methyl sites for hydroxylation is 1. The van der Waals surface area contributed by atoms with Crippen molar-refractivity contribution in [3.63, 3.8) is 0 Å². The Bertz CT molecular complexity index is 1140. The minimum absolute atomic E-state index is 0. The first-order valence-corrected chi connectivity index (χ1v) is 12.8. The highest BCUT2D eigenvalue weighted by Crippen LogP contribution is 2.36. The number of aromatic hydroxyl groups is 1. The molecule has 0 spiro atoms. The van der Waals surface area contributed by atoms with E-state index in [2.05, 4.69) is 56.0 Å². The topological polar surface area (TPSA) is 55.3 Å². The van der Waals surface area contributed by atoms with Gasteiger partial charge in [-0.05, 0) is 60.4 Å². The number of aromatic nitrogens is 2. The van der Waals surface area contributed by atoms with Crippen LogP contribution in [0.5, 0.6) is 5.75 Å². The van der Waals surface area contributed by atoms with Crippen molar-refractivity contribution >= 4 is 17.0 Å². The van der Waals surface area contributed by atoms with Crippen LogP contribution in [0.3, 0.4) is 0 Å². The fourth-order valence-electron chi connectivity index (χ4n) is 5.76. The van der Waals surface area contributed by atoms with Gasteiger partial charge in [0, 0.05) is 12.8 Å². The number of hydrogen-bond donors (Lipinski definition) is 1. The van der Waals surface area contributed by atoms with E-state index in [1.807, 2.05) is 24.3 Å². The van der Waals surface area contributed by atoms with Crippen LogP contribution in [0.25, 0.3) is 11.0 Å². The van der Waals surface area contributed by atoms with Crippen LogP contribution in [-0.4, -0.2) is 21.7 Å². The summed E-state index contributed by atoms with van der Waals surface area (Å²) in [6.45, 7) is 8.87. The molecule has 0 bridgehead atoms. The molecule has 0 amide bonds. The van der Waals surface area contributed by atoms with Gasteiger partial charge in [0.1, 0.15) is 11.9 Å². The smallest absolute Gasteiger partial charge is 0.352 e. The molecule has 1 aliphatic carbocycles. The van der Waals surface area contributed by atoms with Crippen LogP contribution in [0.15, 0.2) is 48.5 Å². The lowest BCUT2D eigenvalue weighted by Crippen LogP contribution is -3.00. The van der Waals surface area contributed by atoms with Crippen molar-refractivity contribution in [3.05, 3.63) is 59.9 Å². The van der Waals surface area contributed by atoms with Gasteiger partial charge in [-0.15, -0.1) is 0 Å². The largest absolute Gasteiger partial charge is 1.00 e. The van der Waals surface area contributed by atoms with E-state index in [4.69, 9.17) is 4.74 Å². The summed E-state index contributed by atoms with van der Waals surface area (Å²) >= 11 is 0. The van der Waals surface area contributed by atoms with Gasteiger partial charge in [0.2, 0.25) is 6.04 Å². The molecule has 4 atom stereocenters. The van der Waals surface area contributed by atoms with E-state index >= 15 is 0 Å². The number of nitrogens with zero attached hydrogens (tertiary/aromatic N) is 2. The van der Waals surface area contributed by atoms with Crippen LogP contribution < -0.4 is 28.5 Å². The van der Waals surface area contributed by atoms with Crippen molar-refractivity contribution in [1.82, 2.24) is 4.57 Å².